The zero-order chi connectivity index (χ0) is 17.2. The minimum atomic E-state index is -0.401. The van der Waals surface area contributed by atoms with E-state index in [2.05, 4.69) is 36.4 Å². The van der Waals surface area contributed by atoms with Gasteiger partial charge in [-0.1, -0.05) is 51.4 Å². The van der Waals surface area contributed by atoms with Crippen LogP contribution in [0.2, 0.25) is 0 Å². The summed E-state index contributed by atoms with van der Waals surface area (Å²) in [6.07, 6.45) is -0.401. The van der Waals surface area contributed by atoms with Gasteiger partial charge in [0.2, 0.25) is 5.88 Å². The molecule has 4 rings (SSSR count). The van der Waals surface area contributed by atoms with Crippen LogP contribution in [0, 0.1) is 0 Å². The van der Waals surface area contributed by atoms with Crippen LogP contribution in [0.3, 0.4) is 0 Å². The van der Waals surface area contributed by atoms with E-state index in [1.807, 2.05) is 55.5 Å². The highest BCUT2D eigenvalue weighted by molar-refractivity contribution is 9.10. The lowest BCUT2D eigenvalue weighted by atomic mass is 10.1. The molecule has 0 spiro atoms. The van der Waals surface area contributed by atoms with Crippen LogP contribution in [0.5, 0.6) is 11.9 Å². The second-order valence-electron chi connectivity index (χ2n) is 5.42. The Hall–Kier alpha value is -2.67. The number of nitrogens with one attached hydrogen (secondary N) is 1. The molecule has 1 aliphatic rings. The largest absolute Gasteiger partial charge is 0.463 e. The van der Waals surface area contributed by atoms with Crippen molar-refractivity contribution in [3.05, 3.63) is 58.6 Å². The van der Waals surface area contributed by atoms with Crippen molar-refractivity contribution in [1.29, 1.82) is 0 Å². The van der Waals surface area contributed by atoms with Crippen LogP contribution in [0.15, 0.2) is 53.0 Å². The number of ether oxygens (including phenoxy) is 2. The quantitative estimate of drug-likeness (QED) is 0.712. The topological polar surface area (TPSA) is 69.2 Å². The van der Waals surface area contributed by atoms with Gasteiger partial charge >= 0.3 is 6.01 Å². The fourth-order valence-corrected chi connectivity index (χ4v) is 2.89. The van der Waals surface area contributed by atoms with Gasteiger partial charge in [-0.05, 0) is 25.1 Å². The molecule has 25 heavy (non-hydrogen) atoms. The number of nitrogens with zero attached hydrogens (tertiary/aromatic N) is 3. The highest BCUT2D eigenvalue weighted by Gasteiger charge is 2.26. The Kier molecular flexibility index (Phi) is 4.23. The summed E-state index contributed by atoms with van der Waals surface area (Å²) in [5.41, 5.74) is 3.36. The normalized spacial score (nSPS) is 15.2. The first-order valence-corrected chi connectivity index (χ1v) is 8.69. The van der Waals surface area contributed by atoms with E-state index in [-0.39, 0.29) is 6.01 Å². The first-order chi connectivity index (χ1) is 12.2. The lowest BCUT2D eigenvalue weighted by Gasteiger charge is -2.19. The standard InChI is InChI=1S/C18H15BrN4O2/c1-2-24-18-21-17-15(22-23-18)13-5-3-4-6-14(13)20-16(25-17)11-7-9-12(19)10-8-11/h3-10,16,20H,2H2,1H3. The Labute approximate surface area is 153 Å². The molecule has 0 aliphatic carbocycles. The van der Waals surface area contributed by atoms with Crippen LogP contribution in [0.4, 0.5) is 5.69 Å². The highest BCUT2D eigenvalue weighted by Crippen LogP contribution is 2.39. The third-order valence-electron chi connectivity index (χ3n) is 3.78. The number of anilines is 1. The van der Waals surface area contributed by atoms with Crippen molar-refractivity contribution < 1.29 is 9.47 Å². The summed E-state index contributed by atoms with van der Waals surface area (Å²) >= 11 is 3.45. The van der Waals surface area contributed by atoms with Crippen LogP contribution >= 0.6 is 15.9 Å². The Bertz CT molecular complexity index is 902. The van der Waals surface area contributed by atoms with Crippen LogP contribution < -0.4 is 14.8 Å². The molecule has 0 bridgehead atoms. The SMILES string of the molecule is CCOc1nnc2c(n1)OC(c1ccc(Br)cc1)Nc1ccccc1-2. The third-order valence-corrected chi connectivity index (χ3v) is 4.31. The molecule has 7 heteroatoms. The molecular formula is C18H15BrN4O2. The molecule has 1 unspecified atom stereocenters. The van der Waals surface area contributed by atoms with Gasteiger partial charge < -0.3 is 14.8 Å². The van der Waals surface area contributed by atoms with E-state index < -0.39 is 6.23 Å². The summed E-state index contributed by atoms with van der Waals surface area (Å²) in [5.74, 6) is 0.392. The van der Waals surface area contributed by atoms with E-state index in [1.54, 1.807) is 0 Å². The number of benzene rings is 2. The number of hydrogen-bond donors (Lipinski definition) is 1. The average Bonchev–Trinajstić information content (AvgIpc) is 2.79. The Morgan fingerprint density at radius 1 is 1.12 bits per heavy atom. The fraction of sp³-hybridized carbons (Fsp3) is 0.167. The molecule has 0 radical (unpaired) electrons. The van der Waals surface area contributed by atoms with Gasteiger partial charge in [-0.25, -0.2) is 0 Å². The molecule has 0 fully saturated rings. The van der Waals surface area contributed by atoms with Gasteiger partial charge in [-0.3, -0.25) is 0 Å². The smallest absolute Gasteiger partial charge is 0.339 e. The summed E-state index contributed by atoms with van der Waals surface area (Å²) in [6, 6.07) is 16.0. The summed E-state index contributed by atoms with van der Waals surface area (Å²) < 4.78 is 12.5. The molecule has 0 saturated carbocycles. The fourth-order valence-electron chi connectivity index (χ4n) is 2.63. The van der Waals surface area contributed by atoms with E-state index in [0.717, 1.165) is 21.3 Å². The summed E-state index contributed by atoms with van der Waals surface area (Å²) in [6.45, 7) is 2.34. The Morgan fingerprint density at radius 2 is 1.92 bits per heavy atom. The van der Waals surface area contributed by atoms with Gasteiger partial charge in [0, 0.05) is 21.3 Å². The molecule has 3 aromatic rings. The number of para-hydroxylation sites is 1. The van der Waals surface area contributed by atoms with Crippen molar-refractivity contribution in [1.82, 2.24) is 15.2 Å². The molecule has 126 valence electrons. The molecular weight excluding hydrogens is 384 g/mol. The molecule has 1 aromatic heterocycles. The first kappa shape index (κ1) is 15.8. The van der Waals surface area contributed by atoms with E-state index in [9.17, 15) is 0 Å². The highest BCUT2D eigenvalue weighted by atomic mass is 79.9. The lowest BCUT2D eigenvalue weighted by molar-refractivity contribution is 0.220. The van der Waals surface area contributed by atoms with E-state index in [4.69, 9.17) is 9.47 Å². The van der Waals surface area contributed by atoms with Gasteiger partial charge in [0.15, 0.2) is 11.9 Å². The number of hydrogen-bond acceptors (Lipinski definition) is 6. The number of halogens is 1. The zero-order valence-corrected chi connectivity index (χ0v) is 15.0. The molecule has 6 nitrogen and oxygen atoms in total. The van der Waals surface area contributed by atoms with Crippen molar-refractivity contribution in [3.8, 4) is 23.1 Å². The maximum atomic E-state index is 6.13. The van der Waals surface area contributed by atoms with E-state index in [1.165, 1.54) is 0 Å². The monoisotopic (exact) mass is 398 g/mol. The minimum Gasteiger partial charge on any atom is -0.463 e. The maximum Gasteiger partial charge on any atom is 0.339 e. The van der Waals surface area contributed by atoms with Gasteiger partial charge in [-0.15, -0.1) is 5.10 Å². The van der Waals surface area contributed by atoms with E-state index >= 15 is 0 Å². The van der Waals surface area contributed by atoms with Gasteiger partial charge in [0.1, 0.15) is 0 Å². The van der Waals surface area contributed by atoms with Gasteiger partial charge in [0.05, 0.1) is 6.61 Å². The summed E-state index contributed by atoms with van der Waals surface area (Å²) in [5, 5.41) is 11.7. The second-order valence-corrected chi connectivity index (χ2v) is 6.34. The average molecular weight is 399 g/mol. The van der Waals surface area contributed by atoms with Crippen LogP contribution in [-0.4, -0.2) is 21.8 Å². The molecule has 0 saturated heterocycles. The molecule has 2 heterocycles. The predicted octanol–water partition coefficient (Wildman–Crippen LogP) is 4.20. The summed E-state index contributed by atoms with van der Waals surface area (Å²) in [7, 11) is 0. The van der Waals surface area contributed by atoms with Crippen molar-refractivity contribution in [2.75, 3.05) is 11.9 Å². The van der Waals surface area contributed by atoms with Crippen LogP contribution in [-0.2, 0) is 0 Å². The predicted molar refractivity (Wildman–Crippen MR) is 97.6 cm³/mol. The van der Waals surface area contributed by atoms with Crippen molar-refractivity contribution >= 4 is 21.6 Å². The van der Waals surface area contributed by atoms with Crippen molar-refractivity contribution in [2.45, 2.75) is 13.2 Å². The van der Waals surface area contributed by atoms with Gasteiger partial charge in [-0.2, -0.15) is 4.98 Å². The first-order valence-electron chi connectivity index (χ1n) is 7.90. The van der Waals surface area contributed by atoms with Crippen molar-refractivity contribution in [3.63, 3.8) is 0 Å². The van der Waals surface area contributed by atoms with Gasteiger partial charge in [0.25, 0.3) is 0 Å². The molecule has 1 aliphatic heterocycles. The second kappa shape index (κ2) is 6.68. The molecule has 2 aromatic carbocycles. The lowest BCUT2D eigenvalue weighted by Crippen LogP contribution is -2.17. The van der Waals surface area contributed by atoms with E-state index in [0.29, 0.717) is 18.2 Å². The number of rotatable bonds is 3. The molecule has 1 atom stereocenters. The van der Waals surface area contributed by atoms with Crippen molar-refractivity contribution in [2.24, 2.45) is 0 Å². The number of aromatic nitrogens is 3. The molecule has 0 amide bonds. The number of fused-ring (bicyclic) bond motifs is 3. The zero-order valence-electron chi connectivity index (χ0n) is 13.4. The van der Waals surface area contributed by atoms with Crippen LogP contribution in [0.1, 0.15) is 18.7 Å². The minimum absolute atomic E-state index is 0.204. The third kappa shape index (κ3) is 3.15. The van der Waals surface area contributed by atoms with Crippen LogP contribution in [0.25, 0.3) is 11.3 Å². The maximum absolute atomic E-state index is 6.13. The summed E-state index contributed by atoms with van der Waals surface area (Å²) in [4.78, 5) is 4.39. The Balaban J connectivity index is 1.82. The Morgan fingerprint density at radius 3 is 2.72 bits per heavy atom. The molecule has 1 N–H and O–H groups in total.